The van der Waals surface area contributed by atoms with Crippen molar-refractivity contribution in [2.24, 2.45) is 0 Å². The topological polar surface area (TPSA) is 81.0 Å². The molecule has 24 heavy (non-hydrogen) atoms. The van der Waals surface area contributed by atoms with Crippen molar-refractivity contribution in [2.45, 2.75) is 38.6 Å². The van der Waals surface area contributed by atoms with Crippen LogP contribution >= 0.6 is 0 Å². The zero-order chi connectivity index (χ0) is 17.5. The summed E-state index contributed by atoms with van der Waals surface area (Å²) in [4.78, 5) is 14.1. The van der Waals surface area contributed by atoms with Crippen LogP contribution in [0.5, 0.6) is 0 Å². The first-order chi connectivity index (χ1) is 11.8. The van der Waals surface area contributed by atoms with Gasteiger partial charge in [-0.3, -0.25) is 4.79 Å². The van der Waals surface area contributed by atoms with E-state index >= 15 is 0 Å². The Morgan fingerprint density at radius 3 is 2.42 bits per heavy atom. The molecule has 0 saturated carbocycles. The fourth-order valence-corrected chi connectivity index (χ4v) is 2.75. The Morgan fingerprint density at radius 1 is 1.08 bits per heavy atom. The van der Waals surface area contributed by atoms with Crippen molar-refractivity contribution in [2.75, 3.05) is 66.0 Å². The van der Waals surface area contributed by atoms with Crippen molar-refractivity contribution < 1.29 is 28.8 Å². The van der Waals surface area contributed by atoms with Crippen molar-refractivity contribution in [1.82, 2.24) is 4.90 Å². The van der Waals surface area contributed by atoms with E-state index in [1.165, 1.54) is 0 Å². The highest BCUT2D eigenvalue weighted by Gasteiger charge is 2.26. The molecule has 1 atom stereocenters. The number of aliphatic hydroxyl groups is 3. The van der Waals surface area contributed by atoms with Gasteiger partial charge in [0.05, 0.1) is 39.5 Å². The Bertz CT molecular complexity index is 315. The van der Waals surface area contributed by atoms with E-state index in [0.717, 1.165) is 25.8 Å². The van der Waals surface area contributed by atoms with E-state index in [1.807, 2.05) is 4.90 Å². The lowest BCUT2D eigenvalue weighted by Gasteiger charge is -2.23. The van der Waals surface area contributed by atoms with E-state index in [0.29, 0.717) is 65.3 Å². The molecule has 1 heterocycles. The van der Waals surface area contributed by atoms with Gasteiger partial charge in [0.25, 0.3) is 0 Å². The molecule has 0 bridgehead atoms. The second-order valence-electron chi connectivity index (χ2n) is 5.77. The molecule has 1 saturated heterocycles. The van der Waals surface area contributed by atoms with E-state index < -0.39 is 0 Å². The van der Waals surface area contributed by atoms with Gasteiger partial charge in [0.15, 0.2) is 13.2 Å². The summed E-state index contributed by atoms with van der Waals surface area (Å²) in [7, 11) is 0. The number of nitrogens with zero attached hydrogens (tertiary/aromatic N) is 1. The van der Waals surface area contributed by atoms with E-state index in [9.17, 15) is 4.79 Å². The van der Waals surface area contributed by atoms with E-state index in [-0.39, 0.29) is 12.5 Å². The molecule has 7 heteroatoms. The average Bonchev–Trinajstić information content (AvgIpc) is 3.07. The fourth-order valence-electron chi connectivity index (χ4n) is 2.75. The van der Waals surface area contributed by atoms with Crippen LogP contribution in [-0.4, -0.2) is 92.7 Å². The molecule has 0 aromatic heterocycles. The maximum Gasteiger partial charge on any atom is 0.225 e. The van der Waals surface area contributed by atoms with Gasteiger partial charge in [0.1, 0.15) is 13.2 Å². The zero-order valence-corrected chi connectivity index (χ0v) is 15.0. The minimum Gasteiger partial charge on any atom is -0.430 e. The largest absolute Gasteiger partial charge is 0.430 e. The Hall–Kier alpha value is -0.730. The van der Waals surface area contributed by atoms with Crippen LogP contribution in [0.3, 0.4) is 0 Å². The summed E-state index contributed by atoms with van der Waals surface area (Å²) in [5, 5.41) is 8.52. The summed E-state index contributed by atoms with van der Waals surface area (Å²) >= 11 is 0. The maximum absolute atomic E-state index is 12.1. The van der Waals surface area contributed by atoms with Crippen LogP contribution in [0.1, 0.15) is 32.6 Å². The van der Waals surface area contributed by atoms with Crippen LogP contribution in [0.4, 0.5) is 0 Å². The lowest BCUT2D eigenvalue weighted by molar-refractivity contribution is -0.134. The molecule has 0 aromatic carbocycles. The highest BCUT2D eigenvalue weighted by molar-refractivity contribution is 5.76. The van der Waals surface area contributed by atoms with Crippen LogP contribution in [0.2, 0.25) is 0 Å². The van der Waals surface area contributed by atoms with Crippen LogP contribution in [0, 0.1) is 0 Å². The van der Waals surface area contributed by atoms with Gasteiger partial charge in [-0.2, -0.15) is 0 Å². The summed E-state index contributed by atoms with van der Waals surface area (Å²) in [6.07, 6.45) is 3.77. The van der Waals surface area contributed by atoms with Gasteiger partial charge in [-0.15, -0.1) is 0 Å². The molecule has 0 radical (unpaired) electrons. The Balaban J connectivity index is 1.83. The first-order valence-electron chi connectivity index (χ1n) is 9.06. The SMILES string of the molecule is CCC1CCCN1C(=O)CCOCC[OH+]CCOCCOCCO. The summed E-state index contributed by atoms with van der Waals surface area (Å²) in [6.45, 7) is 7.28. The van der Waals surface area contributed by atoms with Gasteiger partial charge in [-0.25, -0.2) is 0 Å². The fraction of sp³-hybridized carbons (Fsp3) is 0.941. The zero-order valence-electron chi connectivity index (χ0n) is 15.0. The molecule has 1 unspecified atom stereocenters. The third-order valence-corrected chi connectivity index (χ3v) is 4.02. The van der Waals surface area contributed by atoms with Crippen LogP contribution in [0.25, 0.3) is 0 Å². The molecular formula is C17H34NO6+. The number of hydrogen-bond acceptors (Lipinski definition) is 5. The second kappa shape index (κ2) is 14.6. The Labute approximate surface area is 145 Å². The Kier molecular flexibility index (Phi) is 13.0. The number of rotatable bonds is 15. The summed E-state index contributed by atoms with van der Waals surface area (Å²) < 4.78 is 20.2. The minimum absolute atomic E-state index is 0.0398. The second-order valence-corrected chi connectivity index (χ2v) is 5.77. The molecule has 1 aliphatic rings. The van der Waals surface area contributed by atoms with Crippen molar-refractivity contribution in [3.63, 3.8) is 0 Å². The van der Waals surface area contributed by atoms with Crippen molar-refractivity contribution in [3.05, 3.63) is 0 Å². The molecule has 1 aliphatic heterocycles. The van der Waals surface area contributed by atoms with Gasteiger partial charge in [0, 0.05) is 12.6 Å². The highest BCUT2D eigenvalue weighted by atomic mass is 16.6. The smallest absolute Gasteiger partial charge is 0.225 e. The molecule has 1 rings (SSSR count). The number of aliphatic hydroxyl groups excluding tert-OH is 1. The number of carbonyl (C=O) groups excluding carboxylic acids is 1. The quantitative estimate of drug-likeness (QED) is 0.341. The molecule has 0 aliphatic carbocycles. The lowest BCUT2D eigenvalue weighted by atomic mass is 10.1. The first kappa shape index (κ1) is 21.3. The van der Waals surface area contributed by atoms with Crippen LogP contribution < -0.4 is 0 Å². The van der Waals surface area contributed by atoms with Gasteiger partial charge in [-0.05, 0) is 19.3 Å². The third kappa shape index (κ3) is 9.54. The number of ether oxygens (including phenoxy) is 4. The monoisotopic (exact) mass is 348 g/mol. The first-order valence-corrected chi connectivity index (χ1v) is 9.06. The van der Waals surface area contributed by atoms with Gasteiger partial charge >= 0.3 is 0 Å². The number of hydrogen-bond donors (Lipinski definition) is 1. The number of likely N-dealkylation sites (tertiary alicyclic amines) is 1. The number of amides is 1. The average molecular weight is 348 g/mol. The molecule has 7 nitrogen and oxygen atoms in total. The molecule has 0 spiro atoms. The van der Waals surface area contributed by atoms with Crippen molar-refractivity contribution >= 4 is 5.91 Å². The predicted molar refractivity (Wildman–Crippen MR) is 91.1 cm³/mol. The molecule has 142 valence electrons. The van der Waals surface area contributed by atoms with Gasteiger partial charge in [0.2, 0.25) is 5.91 Å². The summed E-state index contributed by atoms with van der Waals surface area (Å²) in [6, 6.07) is 0.432. The molecular weight excluding hydrogens is 314 g/mol. The van der Waals surface area contributed by atoms with Crippen LogP contribution in [-0.2, 0) is 19.0 Å². The molecule has 1 amide bonds. The van der Waals surface area contributed by atoms with Gasteiger partial charge < -0.3 is 29.0 Å². The summed E-state index contributed by atoms with van der Waals surface area (Å²) in [5.74, 6) is 0.216. The van der Waals surface area contributed by atoms with Crippen LogP contribution in [0.15, 0.2) is 0 Å². The van der Waals surface area contributed by atoms with Crippen molar-refractivity contribution in [1.29, 1.82) is 0 Å². The molecule has 2 N–H and O–H groups in total. The minimum atomic E-state index is 0.0398. The van der Waals surface area contributed by atoms with E-state index in [2.05, 4.69) is 11.7 Å². The highest BCUT2D eigenvalue weighted by Crippen LogP contribution is 2.20. The normalized spacial score (nSPS) is 17.6. The van der Waals surface area contributed by atoms with E-state index in [1.54, 1.807) is 0 Å². The summed E-state index contributed by atoms with van der Waals surface area (Å²) in [5.41, 5.74) is 0. The third-order valence-electron chi connectivity index (χ3n) is 4.02. The molecule has 0 aromatic rings. The van der Waals surface area contributed by atoms with Gasteiger partial charge in [-0.1, -0.05) is 6.92 Å². The number of carbonyl (C=O) groups is 1. The molecule has 1 fully saturated rings. The predicted octanol–water partition coefficient (Wildman–Crippen LogP) is 0.348. The lowest BCUT2D eigenvalue weighted by Crippen LogP contribution is -2.35. The van der Waals surface area contributed by atoms with Crippen molar-refractivity contribution in [3.8, 4) is 0 Å². The maximum atomic E-state index is 12.1. The standard InChI is InChI=1S/C17H33NO6/c1-2-16-4-3-6-18(16)17(20)5-8-21-10-12-23-14-15-24-13-11-22-9-7-19/h16,19H,2-15H2,1H3/p+1. The Morgan fingerprint density at radius 2 is 1.75 bits per heavy atom. The van der Waals surface area contributed by atoms with E-state index in [4.69, 9.17) is 19.3 Å².